The van der Waals surface area contributed by atoms with Gasteiger partial charge in [-0.2, -0.15) is 0 Å². The molecule has 1 fully saturated rings. The Morgan fingerprint density at radius 1 is 1.33 bits per heavy atom. The minimum atomic E-state index is -1.09. The molecule has 1 amide bonds. The molecule has 1 heterocycles. The molecule has 0 saturated carbocycles. The number of hydrogen-bond acceptors (Lipinski definition) is 3. The van der Waals surface area contributed by atoms with Crippen LogP contribution in [0.5, 0.6) is 5.75 Å². The van der Waals surface area contributed by atoms with E-state index in [9.17, 15) is 9.59 Å². The average Bonchev–Trinajstić information content (AvgIpc) is 2.64. The largest absolute Gasteiger partial charge is 0.497 e. The van der Waals surface area contributed by atoms with Crippen LogP contribution < -0.4 is 10.1 Å². The van der Waals surface area contributed by atoms with Crippen molar-refractivity contribution < 1.29 is 19.4 Å². The van der Waals surface area contributed by atoms with E-state index in [1.165, 1.54) is 0 Å². The molecule has 96 valence electrons. The van der Waals surface area contributed by atoms with E-state index in [4.69, 9.17) is 9.84 Å². The van der Waals surface area contributed by atoms with Gasteiger partial charge in [0.05, 0.1) is 7.11 Å². The Morgan fingerprint density at radius 3 is 2.44 bits per heavy atom. The smallest absolute Gasteiger partial charge is 0.316 e. The number of amides is 1. The SMILES string of the molecule is COc1ccc([C@H]2[C@H](C(=O)O)C(=O)N[C@H]2C)cc1. The topological polar surface area (TPSA) is 75.6 Å². The van der Waals surface area contributed by atoms with Crippen molar-refractivity contribution in [3.05, 3.63) is 29.8 Å². The second kappa shape index (κ2) is 4.68. The standard InChI is InChI=1S/C13H15NO4/c1-7-10(11(13(16)17)12(15)14-7)8-3-5-9(18-2)6-4-8/h3-7,10-11H,1-2H3,(H,14,15)(H,16,17)/t7-,10-,11-/m0/s1. The number of carbonyl (C=O) groups is 2. The van der Waals surface area contributed by atoms with Gasteiger partial charge in [-0.1, -0.05) is 12.1 Å². The van der Waals surface area contributed by atoms with E-state index < -0.39 is 17.8 Å². The maximum atomic E-state index is 11.6. The Morgan fingerprint density at radius 2 is 1.94 bits per heavy atom. The Kier molecular flexibility index (Phi) is 3.23. The Hall–Kier alpha value is -2.04. The normalized spacial score (nSPS) is 26.8. The maximum Gasteiger partial charge on any atom is 0.316 e. The van der Waals surface area contributed by atoms with Crippen LogP contribution in [0.1, 0.15) is 18.4 Å². The predicted octanol–water partition coefficient (Wildman–Crippen LogP) is 0.998. The highest BCUT2D eigenvalue weighted by atomic mass is 16.5. The zero-order chi connectivity index (χ0) is 13.3. The van der Waals surface area contributed by atoms with Gasteiger partial charge in [0, 0.05) is 12.0 Å². The Bertz CT molecular complexity index is 468. The summed E-state index contributed by atoms with van der Waals surface area (Å²) in [6.45, 7) is 1.82. The number of benzene rings is 1. The molecule has 1 saturated heterocycles. The van der Waals surface area contributed by atoms with Crippen molar-refractivity contribution in [2.45, 2.75) is 18.9 Å². The minimum Gasteiger partial charge on any atom is -0.497 e. The molecule has 2 rings (SSSR count). The van der Waals surface area contributed by atoms with Crippen LogP contribution in [0.3, 0.4) is 0 Å². The number of ether oxygens (including phenoxy) is 1. The van der Waals surface area contributed by atoms with Crippen molar-refractivity contribution in [1.82, 2.24) is 5.32 Å². The van der Waals surface area contributed by atoms with Gasteiger partial charge in [0.2, 0.25) is 5.91 Å². The van der Waals surface area contributed by atoms with Gasteiger partial charge < -0.3 is 15.2 Å². The minimum absolute atomic E-state index is 0.188. The quantitative estimate of drug-likeness (QED) is 0.783. The van der Waals surface area contributed by atoms with Crippen LogP contribution in [0.4, 0.5) is 0 Å². The number of methoxy groups -OCH3 is 1. The average molecular weight is 249 g/mol. The zero-order valence-corrected chi connectivity index (χ0v) is 10.2. The lowest BCUT2D eigenvalue weighted by Gasteiger charge is -2.18. The summed E-state index contributed by atoms with van der Waals surface area (Å²) in [6, 6.07) is 6.95. The third kappa shape index (κ3) is 2.03. The van der Waals surface area contributed by atoms with Crippen molar-refractivity contribution in [2.24, 2.45) is 5.92 Å². The third-order valence-corrected chi connectivity index (χ3v) is 3.32. The lowest BCUT2D eigenvalue weighted by molar-refractivity contribution is -0.145. The van der Waals surface area contributed by atoms with E-state index in [1.807, 2.05) is 6.92 Å². The van der Waals surface area contributed by atoms with Crippen molar-refractivity contribution in [1.29, 1.82) is 0 Å². The van der Waals surface area contributed by atoms with Gasteiger partial charge >= 0.3 is 5.97 Å². The summed E-state index contributed by atoms with van der Waals surface area (Å²) in [5.41, 5.74) is 0.828. The van der Waals surface area contributed by atoms with E-state index in [0.29, 0.717) is 5.75 Å². The highest BCUT2D eigenvalue weighted by Gasteiger charge is 2.45. The van der Waals surface area contributed by atoms with E-state index in [0.717, 1.165) is 5.56 Å². The van der Waals surface area contributed by atoms with Gasteiger partial charge in [-0.25, -0.2) is 0 Å². The van der Waals surface area contributed by atoms with Crippen LogP contribution in [0.25, 0.3) is 0 Å². The lowest BCUT2D eigenvalue weighted by Crippen LogP contribution is -2.26. The van der Waals surface area contributed by atoms with Gasteiger partial charge in [0.1, 0.15) is 11.7 Å². The number of carboxylic acid groups (broad SMARTS) is 1. The van der Waals surface area contributed by atoms with Crippen LogP contribution in [-0.2, 0) is 9.59 Å². The lowest BCUT2D eigenvalue weighted by atomic mass is 9.84. The molecule has 2 N–H and O–H groups in total. The van der Waals surface area contributed by atoms with Crippen molar-refractivity contribution in [3.8, 4) is 5.75 Å². The highest BCUT2D eigenvalue weighted by Crippen LogP contribution is 2.34. The molecule has 18 heavy (non-hydrogen) atoms. The summed E-state index contributed by atoms with van der Waals surface area (Å²) in [5, 5.41) is 11.8. The first-order valence-electron chi connectivity index (χ1n) is 5.71. The molecule has 3 atom stereocenters. The molecule has 0 unspecified atom stereocenters. The molecule has 0 aromatic heterocycles. The summed E-state index contributed by atoms with van der Waals surface area (Å²) in [7, 11) is 1.57. The second-order valence-corrected chi connectivity index (χ2v) is 4.41. The van der Waals surface area contributed by atoms with Crippen LogP contribution in [0, 0.1) is 5.92 Å². The van der Waals surface area contributed by atoms with Crippen LogP contribution in [0.15, 0.2) is 24.3 Å². The predicted molar refractivity (Wildman–Crippen MR) is 64.5 cm³/mol. The van der Waals surface area contributed by atoms with Crippen molar-refractivity contribution in [3.63, 3.8) is 0 Å². The fraction of sp³-hybridized carbons (Fsp3) is 0.385. The van der Waals surface area contributed by atoms with Crippen LogP contribution in [0.2, 0.25) is 0 Å². The monoisotopic (exact) mass is 249 g/mol. The molecule has 5 heteroatoms. The van der Waals surface area contributed by atoms with E-state index in [2.05, 4.69) is 5.32 Å². The molecular formula is C13H15NO4. The molecule has 5 nitrogen and oxygen atoms in total. The molecule has 0 radical (unpaired) electrons. The van der Waals surface area contributed by atoms with E-state index in [-0.39, 0.29) is 12.0 Å². The first-order chi connectivity index (χ1) is 8.54. The van der Waals surface area contributed by atoms with Crippen molar-refractivity contribution >= 4 is 11.9 Å². The van der Waals surface area contributed by atoms with Gasteiger partial charge in [-0.15, -0.1) is 0 Å². The molecule has 0 spiro atoms. The fourth-order valence-electron chi connectivity index (χ4n) is 2.43. The summed E-state index contributed by atoms with van der Waals surface area (Å²) < 4.78 is 5.06. The zero-order valence-electron chi connectivity index (χ0n) is 10.2. The molecule has 1 aliphatic rings. The molecule has 1 aliphatic heterocycles. The maximum absolute atomic E-state index is 11.6. The highest BCUT2D eigenvalue weighted by molar-refractivity contribution is 6.00. The van der Waals surface area contributed by atoms with Gasteiger partial charge in [-0.3, -0.25) is 9.59 Å². The summed E-state index contributed by atoms with van der Waals surface area (Å²) in [4.78, 5) is 22.8. The third-order valence-electron chi connectivity index (χ3n) is 3.32. The number of hydrogen-bond donors (Lipinski definition) is 2. The van der Waals surface area contributed by atoms with Gasteiger partial charge in [0.15, 0.2) is 0 Å². The van der Waals surface area contributed by atoms with E-state index >= 15 is 0 Å². The number of carbonyl (C=O) groups excluding carboxylic acids is 1. The number of rotatable bonds is 3. The molecule has 1 aromatic carbocycles. The second-order valence-electron chi connectivity index (χ2n) is 4.41. The fourth-order valence-corrected chi connectivity index (χ4v) is 2.43. The van der Waals surface area contributed by atoms with E-state index in [1.54, 1.807) is 31.4 Å². The summed E-state index contributed by atoms with van der Waals surface area (Å²) >= 11 is 0. The van der Waals surface area contributed by atoms with Crippen molar-refractivity contribution in [2.75, 3.05) is 7.11 Å². The first kappa shape index (κ1) is 12.4. The molecule has 0 bridgehead atoms. The molecule has 1 aromatic rings. The number of nitrogens with one attached hydrogen (secondary N) is 1. The Balaban J connectivity index is 2.34. The van der Waals surface area contributed by atoms with Gasteiger partial charge in [0.25, 0.3) is 0 Å². The van der Waals surface area contributed by atoms with Crippen LogP contribution in [-0.4, -0.2) is 30.1 Å². The summed E-state index contributed by atoms with van der Waals surface area (Å²) in [6.07, 6.45) is 0. The molecular weight excluding hydrogens is 234 g/mol. The Labute approximate surface area is 105 Å². The summed E-state index contributed by atoms with van der Waals surface area (Å²) in [5.74, 6) is -2.17. The van der Waals surface area contributed by atoms with Gasteiger partial charge in [-0.05, 0) is 24.6 Å². The van der Waals surface area contributed by atoms with Crippen LogP contribution >= 0.6 is 0 Å². The number of carboxylic acids is 1. The molecule has 0 aliphatic carbocycles. The first-order valence-corrected chi connectivity index (χ1v) is 5.71. The number of aliphatic carboxylic acids is 1.